The molecule has 5 nitrogen and oxygen atoms in total. The minimum absolute atomic E-state index is 0.0863. The minimum Gasteiger partial charge on any atom is -0.472 e. The largest absolute Gasteiger partial charge is 0.472 e. The van der Waals surface area contributed by atoms with Crippen molar-refractivity contribution in [3.8, 4) is 0 Å². The summed E-state index contributed by atoms with van der Waals surface area (Å²) in [5.74, 6) is 0.257. The van der Waals surface area contributed by atoms with E-state index in [2.05, 4.69) is 60.7 Å². The van der Waals surface area contributed by atoms with E-state index in [1.54, 1.807) is 37.0 Å². The first-order valence-electron chi connectivity index (χ1n) is 17.5. The Morgan fingerprint density at radius 3 is 2.04 bits per heavy atom. The number of hydrogen-bond acceptors (Lipinski definition) is 5. The van der Waals surface area contributed by atoms with Crippen LogP contribution >= 0.6 is 58.0 Å². The molecule has 4 aromatic carbocycles. The van der Waals surface area contributed by atoms with Gasteiger partial charge in [-0.15, -0.1) is 0 Å². The van der Waals surface area contributed by atoms with Crippen LogP contribution in [0.1, 0.15) is 45.3 Å². The molecule has 0 bridgehead atoms. The van der Waals surface area contributed by atoms with E-state index < -0.39 is 11.3 Å². The summed E-state index contributed by atoms with van der Waals surface area (Å²) in [6.07, 6.45) is 6.56. The highest BCUT2D eigenvalue weighted by Gasteiger charge is 2.56. The van der Waals surface area contributed by atoms with Gasteiger partial charge in [-0.2, -0.15) is 0 Å². The van der Waals surface area contributed by atoms with Crippen molar-refractivity contribution < 1.29 is 22.1 Å². The van der Waals surface area contributed by atoms with E-state index >= 15 is 0 Å². The highest BCUT2D eigenvalue weighted by atomic mass is 35.5. The van der Waals surface area contributed by atoms with Crippen molar-refractivity contribution in [1.29, 1.82) is 0 Å². The lowest BCUT2D eigenvalue weighted by molar-refractivity contribution is 0.511. The molecule has 2 unspecified atom stereocenters. The van der Waals surface area contributed by atoms with Crippen molar-refractivity contribution in [3.63, 3.8) is 0 Å². The Morgan fingerprint density at radius 2 is 1.34 bits per heavy atom. The Labute approximate surface area is 344 Å². The first-order valence-corrected chi connectivity index (χ1v) is 19.4. The highest BCUT2D eigenvalue weighted by Crippen LogP contribution is 2.67. The fourth-order valence-corrected chi connectivity index (χ4v) is 9.49. The van der Waals surface area contributed by atoms with Gasteiger partial charge in [0.1, 0.15) is 24.0 Å². The number of benzene rings is 4. The number of furan rings is 5. The Balaban J connectivity index is 1.53. The molecule has 0 spiro atoms. The summed E-state index contributed by atoms with van der Waals surface area (Å²) in [6.45, 7) is 0. The molecule has 2 atom stereocenters. The second-order valence-corrected chi connectivity index (χ2v) is 15.4. The number of fused-ring (bicyclic) bond motifs is 2. The highest BCUT2D eigenvalue weighted by molar-refractivity contribution is 6.36. The van der Waals surface area contributed by atoms with Crippen LogP contribution in [0, 0.1) is 0 Å². The molecule has 10 heteroatoms. The van der Waals surface area contributed by atoms with Crippen LogP contribution in [0.25, 0.3) is 43.8 Å². The van der Waals surface area contributed by atoms with Gasteiger partial charge in [0.25, 0.3) is 0 Å². The van der Waals surface area contributed by atoms with Gasteiger partial charge >= 0.3 is 0 Å². The number of hydrogen-bond donors (Lipinski definition) is 0. The van der Waals surface area contributed by atoms with Crippen LogP contribution < -0.4 is 0 Å². The monoisotopic (exact) mass is 832 g/mol. The van der Waals surface area contributed by atoms with E-state index in [1.165, 1.54) is 6.26 Å². The summed E-state index contributed by atoms with van der Waals surface area (Å²) in [5, 5.41) is 5.06. The zero-order chi connectivity index (χ0) is 38.1. The Hall–Kier alpha value is -5.27. The van der Waals surface area contributed by atoms with Gasteiger partial charge in [-0.05, 0) is 109 Å². The van der Waals surface area contributed by atoms with Crippen molar-refractivity contribution >= 4 is 102 Å². The molecule has 5 heterocycles. The van der Waals surface area contributed by atoms with Gasteiger partial charge in [0.2, 0.25) is 5.22 Å². The third-order valence-electron chi connectivity index (χ3n) is 10.6. The zero-order valence-electron chi connectivity index (χ0n) is 28.9. The number of allylic oxidation sites excluding steroid dienone is 4. The van der Waals surface area contributed by atoms with E-state index in [1.807, 2.05) is 42.5 Å². The average molecular weight is 835 g/mol. The SMILES string of the molecule is Clc1coc(C2=C(c3ccc(Cl)o3)C(c3coc(Cl)c3)=C(c3cc(Cl)oc3Cl)C(c3cccc4ccccc34)C2(c2ccoc2)c2ccc3ccccc3c2)c1. The molecule has 9 aromatic rings. The van der Waals surface area contributed by atoms with Crippen LogP contribution in [-0.2, 0) is 5.41 Å². The van der Waals surface area contributed by atoms with E-state index in [4.69, 9.17) is 80.1 Å². The minimum atomic E-state index is -1.21. The summed E-state index contributed by atoms with van der Waals surface area (Å²) in [5.41, 5.74) is 5.32. The van der Waals surface area contributed by atoms with E-state index in [0.29, 0.717) is 44.4 Å². The van der Waals surface area contributed by atoms with Gasteiger partial charge in [0.15, 0.2) is 15.7 Å². The molecule has 274 valence electrons. The van der Waals surface area contributed by atoms with Crippen LogP contribution in [0.2, 0.25) is 25.9 Å². The molecular formula is C46H25Cl5O5. The van der Waals surface area contributed by atoms with Gasteiger partial charge in [-0.25, -0.2) is 0 Å². The first kappa shape index (κ1) is 35.2. The van der Waals surface area contributed by atoms with Crippen LogP contribution in [0.3, 0.4) is 0 Å². The number of halogens is 5. The Kier molecular flexibility index (Phi) is 8.62. The van der Waals surface area contributed by atoms with Crippen LogP contribution in [-0.4, -0.2) is 0 Å². The summed E-state index contributed by atoms with van der Waals surface area (Å²) in [4.78, 5) is 0. The second kappa shape index (κ2) is 13.7. The molecule has 1 aliphatic carbocycles. The van der Waals surface area contributed by atoms with E-state index in [0.717, 1.165) is 43.8 Å². The predicted molar refractivity (Wildman–Crippen MR) is 224 cm³/mol. The topological polar surface area (TPSA) is 65.7 Å². The molecule has 0 radical (unpaired) electrons. The Bertz CT molecular complexity index is 3010. The van der Waals surface area contributed by atoms with Gasteiger partial charge in [-0.1, -0.05) is 90.5 Å². The van der Waals surface area contributed by atoms with Crippen molar-refractivity contribution in [2.45, 2.75) is 11.3 Å². The maximum absolute atomic E-state index is 7.15. The Morgan fingerprint density at radius 1 is 0.536 bits per heavy atom. The summed E-state index contributed by atoms with van der Waals surface area (Å²) in [6, 6.07) is 40.1. The molecular weight excluding hydrogens is 810 g/mol. The predicted octanol–water partition coefficient (Wildman–Crippen LogP) is 15.5. The normalized spacial score (nSPS) is 17.5. The lowest BCUT2D eigenvalue weighted by Gasteiger charge is -2.48. The molecule has 0 N–H and O–H groups in total. The first-order chi connectivity index (χ1) is 27.3. The van der Waals surface area contributed by atoms with Crippen molar-refractivity contribution in [1.82, 2.24) is 0 Å². The van der Waals surface area contributed by atoms with Crippen molar-refractivity contribution in [2.24, 2.45) is 0 Å². The lowest BCUT2D eigenvalue weighted by atomic mass is 9.51. The quantitative estimate of drug-likeness (QED) is 0.160. The van der Waals surface area contributed by atoms with E-state index in [9.17, 15) is 0 Å². The van der Waals surface area contributed by atoms with Crippen molar-refractivity contribution in [2.75, 3.05) is 0 Å². The molecule has 0 aliphatic heterocycles. The van der Waals surface area contributed by atoms with Gasteiger partial charge in [0, 0.05) is 57.5 Å². The standard InChI is InChI=1S/C46H25Cl5O5/c47-31-20-36(53-24-31)44-42(35-14-15-37(48)55-35)40(28-19-38(49)54-22-28)41(34-21-39(50)56-45(34)51)43(33-11-5-9-26-7-3-4-10-32(26)33)46(44,30-16-17-52-23-30)29-13-12-25-6-1-2-8-27(25)18-29/h1-24,43H. The van der Waals surface area contributed by atoms with Gasteiger partial charge < -0.3 is 22.1 Å². The summed E-state index contributed by atoms with van der Waals surface area (Å²) >= 11 is 33.9. The maximum Gasteiger partial charge on any atom is 0.202 e. The zero-order valence-corrected chi connectivity index (χ0v) is 32.6. The fourth-order valence-electron chi connectivity index (χ4n) is 8.58. The molecule has 1 aliphatic rings. The van der Waals surface area contributed by atoms with E-state index in [-0.39, 0.29) is 20.9 Å². The van der Waals surface area contributed by atoms with Crippen molar-refractivity contribution in [3.05, 3.63) is 212 Å². The smallest absolute Gasteiger partial charge is 0.202 e. The van der Waals surface area contributed by atoms with Gasteiger partial charge in [0.05, 0.1) is 23.0 Å². The molecule has 10 rings (SSSR count). The molecule has 0 amide bonds. The average Bonchev–Trinajstić information content (AvgIpc) is 4.07. The van der Waals surface area contributed by atoms with Gasteiger partial charge in [-0.3, -0.25) is 0 Å². The molecule has 0 saturated heterocycles. The molecule has 56 heavy (non-hydrogen) atoms. The third-order valence-corrected chi connectivity index (χ3v) is 11.7. The molecule has 0 saturated carbocycles. The summed E-state index contributed by atoms with van der Waals surface area (Å²) < 4.78 is 30.8. The second-order valence-electron chi connectivity index (χ2n) is 13.5. The van der Waals surface area contributed by atoms with Crippen LogP contribution in [0.5, 0.6) is 0 Å². The third kappa shape index (κ3) is 5.53. The fraction of sp³-hybridized carbons (Fsp3) is 0.0435. The molecule has 5 aromatic heterocycles. The van der Waals surface area contributed by atoms with Crippen LogP contribution in [0.4, 0.5) is 0 Å². The number of rotatable bonds is 7. The maximum atomic E-state index is 7.15. The van der Waals surface area contributed by atoms with Crippen LogP contribution in [0.15, 0.2) is 168 Å². The lowest BCUT2D eigenvalue weighted by Crippen LogP contribution is -2.40. The molecule has 0 fully saturated rings. The summed E-state index contributed by atoms with van der Waals surface area (Å²) in [7, 11) is 0.